The van der Waals surface area contributed by atoms with Gasteiger partial charge in [-0.1, -0.05) is 74.0 Å². The quantitative estimate of drug-likeness (QED) is 0.572. The Balaban J connectivity index is 2.27. The van der Waals surface area contributed by atoms with Gasteiger partial charge in [0.2, 0.25) is 0 Å². The summed E-state index contributed by atoms with van der Waals surface area (Å²) >= 11 is 0. The summed E-state index contributed by atoms with van der Waals surface area (Å²) in [6.07, 6.45) is 2.37. The standard InChI is InChI=1S/C17H21O2P/c1-2-3-14-19-15-20(18,16-10-6-4-7-11-16)17-12-8-5-9-13-17/h4-13H,2-3,14-15H2,1H3. The normalized spacial score (nSPS) is 11.4. The Morgan fingerprint density at radius 1 is 0.900 bits per heavy atom. The molecule has 0 aliphatic rings. The number of hydrogen-bond donors (Lipinski definition) is 0. The molecule has 3 heteroatoms. The molecule has 2 nitrogen and oxygen atoms in total. The average Bonchev–Trinajstić information content (AvgIpc) is 2.53. The Morgan fingerprint density at radius 3 is 1.85 bits per heavy atom. The van der Waals surface area contributed by atoms with Gasteiger partial charge < -0.3 is 9.30 Å². The van der Waals surface area contributed by atoms with Crippen LogP contribution in [0.5, 0.6) is 0 Å². The maximum Gasteiger partial charge on any atom is 0.167 e. The van der Waals surface area contributed by atoms with E-state index in [1.54, 1.807) is 0 Å². The summed E-state index contributed by atoms with van der Waals surface area (Å²) in [6.45, 7) is 2.79. The van der Waals surface area contributed by atoms with Crippen LogP contribution in [0.2, 0.25) is 0 Å². The topological polar surface area (TPSA) is 26.3 Å². The molecule has 2 aromatic carbocycles. The molecule has 0 unspecified atom stereocenters. The molecule has 0 amide bonds. The summed E-state index contributed by atoms with van der Waals surface area (Å²) in [7, 11) is -2.69. The average molecular weight is 288 g/mol. The molecule has 20 heavy (non-hydrogen) atoms. The van der Waals surface area contributed by atoms with Crippen molar-refractivity contribution in [3.05, 3.63) is 60.7 Å². The fraction of sp³-hybridized carbons (Fsp3) is 0.294. The second-order valence-electron chi connectivity index (χ2n) is 4.80. The molecule has 0 bridgehead atoms. The predicted octanol–water partition coefficient (Wildman–Crippen LogP) is 3.77. The minimum absolute atomic E-state index is 0.279. The third-order valence-electron chi connectivity index (χ3n) is 3.26. The van der Waals surface area contributed by atoms with Gasteiger partial charge in [-0.25, -0.2) is 0 Å². The smallest absolute Gasteiger partial charge is 0.167 e. The number of rotatable bonds is 7. The van der Waals surface area contributed by atoms with Crippen molar-refractivity contribution in [2.24, 2.45) is 0 Å². The van der Waals surface area contributed by atoms with E-state index in [1.165, 1.54) is 0 Å². The summed E-state index contributed by atoms with van der Waals surface area (Å²) in [5, 5.41) is 1.73. The van der Waals surface area contributed by atoms with Crippen LogP contribution < -0.4 is 10.6 Å². The van der Waals surface area contributed by atoms with E-state index in [4.69, 9.17) is 4.74 Å². The van der Waals surface area contributed by atoms with Crippen molar-refractivity contribution in [3.63, 3.8) is 0 Å². The van der Waals surface area contributed by atoms with Gasteiger partial charge >= 0.3 is 0 Å². The van der Waals surface area contributed by atoms with Crippen molar-refractivity contribution in [2.75, 3.05) is 13.0 Å². The van der Waals surface area contributed by atoms with Crippen LogP contribution in [0.1, 0.15) is 19.8 Å². The monoisotopic (exact) mass is 288 g/mol. The van der Waals surface area contributed by atoms with E-state index < -0.39 is 7.14 Å². The summed E-state index contributed by atoms with van der Waals surface area (Å²) in [5.74, 6) is 0. The first kappa shape index (κ1) is 15.0. The van der Waals surface area contributed by atoms with Gasteiger partial charge in [0.15, 0.2) is 7.14 Å². The van der Waals surface area contributed by atoms with E-state index in [0.717, 1.165) is 23.5 Å². The molecule has 106 valence electrons. The first-order valence-electron chi connectivity index (χ1n) is 7.05. The largest absolute Gasteiger partial charge is 0.373 e. The van der Waals surface area contributed by atoms with Crippen LogP contribution in [0.3, 0.4) is 0 Å². The number of unbranched alkanes of at least 4 members (excludes halogenated alkanes) is 1. The van der Waals surface area contributed by atoms with Crippen molar-refractivity contribution < 1.29 is 9.30 Å². The zero-order chi connectivity index (χ0) is 14.3. The van der Waals surface area contributed by atoms with Gasteiger partial charge in [-0.3, -0.25) is 0 Å². The fourth-order valence-electron chi connectivity index (χ4n) is 2.08. The molecule has 0 aliphatic heterocycles. The molecule has 2 aromatic rings. The summed E-state index contributed by atoms with van der Waals surface area (Å²) in [5.41, 5.74) is 0. The lowest BCUT2D eigenvalue weighted by molar-refractivity contribution is 0.173. The Labute approximate surface area is 121 Å². The summed E-state index contributed by atoms with van der Waals surface area (Å²) in [4.78, 5) is 0. The van der Waals surface area contributed by atoms with Crippen LogP contribution in [-0.2, 0) is 9.30 Å². The van der Waals surface area contributed by atoms with Gasteiger partial charge in [0.25, 0.3) is 0 Å². The van der Waals surface area contributed by atoms with Gasteiger partial charge in [-0.2, -0.15) is 0 Å². The summed E-state index contributed by atoms with van der Waals surface area (Å²) in [6, 6.07) is 19.3. The minimum atomic E-state index is -2.69. The van der Waals surface area contributed by atoms with Crippen molar-refractivity contribution in [3.8, 4) is 0 Å². The zero-order valence-corrected chi connectivity index (χ0v) is 12.8. The predicted molar refractivity (Wildman–Crippen MR) is 85.5 cm³/mol. The van der Waals surface area contributed by atoms with Crippen LogP contribution in [0, 0.1) is 0 Å². The lowest BCUT2D eigenvalue weighted by Gasteiger charge is -2.19. The third-order valence-corrected chi connectivity index (χ3v) is 6.07. The highest BCUT2D eigenvalue weighted by Crippen LogP contribution is 2.43. The highest BCUT2D eigenvalue weighted by Gasteiger charge is 2.27. The fourth-order valence-corrected chi connectivity index (χ4v) is 4.37. The molecule has 0 N–H and O–H groups in total. The lowest BCUT2D eigenvalue weighted by Crippen LogP contribution is -2.19. The van der Waals surface area contributed by atoms with E-state index in [0.29, 0.717) is 6.61 Å². The van der Waals surface area contributed by atoms with Crippen LogP contribution in [0.4, 0.5) is 0 Å². The molecule has 0 saturated heterocycles. The highest BCUT2D eigenvalue weighted by molar-refractivity contribution is 7.78. The highest BCUT2D eigenvalue weighted by atomic mass is 31.2. The lowest BCUT2D eigenvalue weighted by atomic mass is 10.4. The molecule has 0 saturated carbocycles. The molecule has 0 aliphatic carbocycles. The van der Waals surface area contributed by atoms with Crippen molar-refractivity contribution >= 4 is 17.8 Å². The third kappa shape index (κ3) is 3.59. The number of ether oxygens (including phenoxy) is 1. The van der Waals surface area contributed by atoms with E-state index in [9.17, 15) is 4.57 Å². The van der Waals surface area contributed by atoms with Gasteiger partial charge in [-0.05, 0) is 6.42 Å². The van der Waals surface area contributed by atoms with E-state index in [-0.39, 0.29) is 6.35 Å². The van der Waals surface area contributed by atoms with Crippen molar-refractivity contribution in [2.45, 2.75) is 19.8 Å². The van der Waals surface area contributed by atoms with Crippen LogP contribution in [0.25, 0.3) is 0 Å². The molecule has 0 heterocycles. The van der Waals surface area contributed by atoms with Gasteiger partial charge in [0, 0.05) is 17.2 Å². The molecule has 0 fully saturated rings. The van der Waals surface area contributed by atoms with Gasteiger partial charge in [0.1, 0.15) is 6.35 Å². The zero-order valence-electron chi connectivity index (χ0n) is 11.9. The second kappa shape index (κ2) is 7.42. The Morgan fingerprint density at radius 2 is 1.40 bits per heavy atom. The Hall–Kier alpha value is -1.37. The van der Waals surface area contributed by atoms with Gasteiger partial charge in [-0.15, -0.1) is 0 Å². The van der Waals surface area contributed by atoms with Crippen molar-refractivity contribution in [1.82, 2.24) is 0 Å². The number of hydrogen-bond acceptors (Lipinski definition) is 2. The Kier molecular flexibility index (Phi) is 5.58. The van der Waals surface area contributed by atoms with E-state index in [2.05, 4.69) is 6.92 Å². The van der Waals surface area contributed by atoms with Crippen LogP contribution >= 0.6 is 7.14 Å². The Bertz CT molecular complexity index is 508. The van der Waals surface area contributed by atoms with E-state index in [1.807, 2.05) is 60.7 Å². The SMILES string of the molecule is CCCCOCP(=O)(c1ccccc1)c1ccccc1. The molecular weight excluding hydrogens is 267 g/mol. The molecule has 0 aromatic heterocycles. The first-order valence-corrected chi connectivity index (χ1v) is 8.94. The number of benzene rings is 2. The van der Waals surface area contributed by atoms with Gasteiger partial charge in [0.05, 0.1) is 0 Å². The second-order valence-corrected chi connectivity index (χ2v) is 7.57. The summed E-state index contributed by atoms with van der Waals surface area (Å²) < 4.78 is 19.1. The van der Waals surface area contributed by atoms with Crippen molar-refractivity contribution in [1.29, 1.82) is 0 Å². The first-order chi connectivity index (χ1) is 9.77. The minimum Gasteiger partial charge on any atom is -0.373 e. The molecular formula is C17H21O2P. The molecule has 2 rings (SSSR count). The van der Waals surface area contributed by atoms with Crippen LogP contribution in [-0.4, -0.2) is 13.0 Å². The van der Waals surface area contributed by atoms with E-state index >= 15 is 0 Å². The maximum absolute atomic E-state index is 13.5. The molecule has 0 atom stereocenters. The molecule has 0 spiro atoms. The maximum atomic E-state index is 13.5. The molecule has 0 radical (unpaired) electrons. The van der Waals surface area contributed by atoms with Crippen LogP contribution in [0.15, 0.2) is 60.7 Å².